The molecule has 0 heterocycles. The second-order valence-corrected chi connectivity index (χ2v) is 4.86. The molecule has 0 saturated carbocycles. The van der Waals surface area contributed by atoms with Gasteiger partial charge in [-0.2, -0.15) is 18.4 Å². The molecular weight excluding hydrogens is 333 g/mol. The number of ether oxygens (including phenoxy) is 1. The fourth-order valence-corrected chi connectivity index (χ4v) is 1.98. The number of hydrogen-bond acceptors (Lipinski definition) is 4. The molecule has 2 aromatic carbocycles. The van der Waals surface area contributed by atoms with Crippen LogP contribution in [0, 0.1) is 16.2 Å². The average Bonchev–Trinajstić information content (AvgIpc) is 2.51. The van der Waals surface area contributed by atoms with Gasteiger partial charge in [-0.25, -0.2) is 0 Å². The molecule has 0 aromatic heterocycles. The second-order valence-electron chi connectivity index (χ2n) is 4.45. The molecule has 0 fully saturated rings. The van der Waals surface area contributed by atoms with Crippen LogP contribution in [0.15, 0.2) is 47.6 Å². The van der Waals surface area contributed by atoms with Crippen LogP contribution in [-0.4, -0.2) is 0 Å². The third-order valence-corrected chi connectivity index (χ3v) is 3.21. The Morgan fingerprint density at radius 2 is 1.83 bits per heavy atom. The van der Waals surface area contributed by atoms with Crippen molar-refractivity contribution in [2.45, 2.75) is 12.2 Å². The van der Waals surface area contributed by atoms with E-state index in [1.807, 2.05) is 0 Å². The molecule has 1 atom stereocenters. The molecule has 2 rings (SSSR count). The minimum atomic E-state index is -4.49. The van der Waals surface area contributed by atoms with Crippen molar-refractivity contribution < 1.29 is 17.9 Å². The van der Waals surface area contributed by atoms with Crippen LogP contribution >= 0.6 is 11.6 Å². The molecule has 2 aromatic rings. The van der Waals surface area contributed by atoms with E-state index in [9.17, 15) is 18.1 Å². The molecule has 0 saturated heterocycles. The summed E-state index contributed by atoms with van der Waals surface area (Å²) in [5, 5.41) is 11.2. The monoisotopic (exact) mass is 340 g/mol. The smallest absolute Gasteiger partial charge is 0.416 e. The van der Waals surface area contributed by atoms with Gasteiger partial charge in [-0.1, -0.05) is 23.7 Å². The first-order valence-corrected chi connectivity index (χ1v) is 6.59. The number of nitrogens with zero attached hydrogens (tertiary/aromatic N) is 2. The van der Waals surface area contributed by atoms with Gasteiger partial charge in [0.2, 0.25) is 6.04 Å². The van der Waals surface area contributed by atoms with Crippen molar-refractivity contribution in [3.63, 3.8) is 0 Å². The molecule has 8 heteroatoms. The van der Waals surface area contributed by atoms with Crippen LogP contribution in [0.2, 0.25) is 5.02 Å². The lowest BCUT2D eigenvalue weighted by Crippen LogP contribution is -2.04. The Morgan fingerprint density at radius 1 is 1.17 bits per heavy atom. The summed E-state index contributed by atoms with van der Waals surface area (Å²) in [6.45, 7) is 0. The first-order valence-electron chi connectivity index (χ1n) is 6.22. The molecule has 0 aliphatic carbocycles. The SMILES string of the molecule is N#CC(N=O)c1ccc(Oc2ccc(C(F)(F)F)cc2Cl)cc1. The van der Waals surface area contributed by atoms with Crippen LogP contribution in [0.25, 0.3) is 0 Å². The van der Waals surface area contributed by atoms with Crippen LogP contribution in [0.5, 0.6) is 11.5 Å². The van der Waals surface area contributed by atoms with Gasteiger partial charge < -0.3 is 4.74 Å². The molecule has 0 bridgehead atoms. The summed E-state index contributed by atoms with van der Waals surface area (Å²) in [6.07, 6.45) is -4.49. The lowest BCUT2D eigenvalue weighted by Gasteiger charge is -2.11. The fraction of sp³-hybridized carbons (Fsp3) is 0.133. The Kier molecular flexibility index (Phi) is 4.86. The van der Waals surface area contributed by atoms with E-state index in [4.69, 9.17) is 21.6 Å². The predicted molar refractivity (Wildman–Crippen MR) is 77.1 cm³/mol. The van der Waals surface area contributed by atoms with E-state index in [1.54, 1.807) is 6.07 Å². The minimum Gasteiger partial charge on any atom is -0.456 e. The lowest BCUT2D eigenvalue weighted by molar-refractivity contribution is -0.137. The van der Waals surface area contributed by atoms with Crippen LogP contribution < -0.4 is 4.74 Å². The van der Waals surface area contributed by atoms with Crippen LogP contribution in [0.3, 0.4) is 0 Å². The highest BCUT2D eigenvalue weighted by molar-refractivity contribution is 6.32. The Bertz CT molecular complexity index is 755. The van der Waals surface area contributed by atoms with E-state index < -0.39 is 17.8 Å². The highest BCUT2D eigenvalue weighted by Crippen LogP contribution is 2.36. The zero-order valence-corrected chi connectivity index (χ0v) is 12.1. The Hall–Kier alpha value is -2.59. The summed E-state index contributed by atoms with van der Waals surface area (Å²) in [6, 6.07) is 9.17. The van der Waals surface area contributed by atoms with Crippen molar-refractivity contribution >= 4 is 11.6 Å². The van der Waals surface area contributed by atoms with Crippen molar-refractivity contribution in [3.05, 3.63) is 63.5 Å². The van der Waals surface area contributed by atoms with Gasteiger partial charge >= 0.3 is 6.18 Å². The summed E-state index contributed by atoms with van der Waals surface area (Å²) >= 11 is 5.79. The maximum absolute atomic E-state index is 12.6. The van der Waals surface area contributed by atoms with Gasteiger partial charge in [0.1, 0.15) is 11.5 Å². The van der Waals surface area contributed by atoms with Crippen LogP contribution in [0.1, 0.15) is 17.2 Å². The molecule has 118 valence electrons. The van der Waals surface area contributed by atoms with Crippen molar-refractivity contribution in [3.8, 4) is 17.6 Å². The summed E-state index contributed by atoms with van der Waals surface area (Å²) in [7, 11) is 0. The second kappa shape index (κ2) is 6.67. The number of halogens is 4. The van der Waals surface area contributed by atoms with Crippen molar-refractivity contribution in [2.24, 2.45) is 5.18 Å². The number of benzene rings is 2. The zero-order valence-electron chi connectivity index (χ0n) is 11.3. The minimum absolute atomic E-state index is 0.0535. The van der Waals surface area contributed by atoms with Gasteiger partial charge in [-0.15, -0.1) is 4.91 Å². The van der Waals surface area contributed by atoms with E-state index in [0.29, 0.717) is 5.56 Å². The molecular formula is C15H8ClF3N2O2. The average molecular weight is 341 g/mol. The van der Waals surface area contributed by atoms with Gasteiger partial charge in [0.15, 0.2) is 0 Å². The summed E-state index contributed by atoms with van der Waals surface area (Å²) in [5.41, 5.74) is -0.493. The lowest BCUT2D eigenvalue weighted by atomic mass is 10.1. The van der Waals surface area contributed by atoms with E-state index in [-0.39, 0.29) is 16.5 Å². The molecule has 0 aliphatic rings. The van der Waals surface area contributed by atoms with Gasteiger partial charge in [0, 0.05) is 0 Å². The number of hydrogen-bond donors (Lipinski definition) is 0. The molecule has 1 unspecified atom stereocenters. The molecule has 0 amide bonds. The van der Waals surface area contributed by atoms with Gasteiger partial charge in [-0.3, -0.25) is 0 Å². The first kappa shape index (κ1) is 16.8. The molecule has 0 spiro atoms. The number of nitriles is 1. The van der Waals surface area contributed by atoms with Crippen molar-refractivity contribution in [1.29, 1.82) is 5.26 Å². The maximum Gasteiger partial charge on any atom is 0.416 e. The van der Waals surface area contributed by atoms with E-state index in [2.05, 4.69) is 5.18 Å². The van der Waals surface area contributed by atoms with Gasteiger partial charge in [-0.05, 0) is 41.1 Å². The van der Waals surface area contributed by atoms with E-state index >= 15 is 0 Å². The maximum atomic E-state index is 12.6. The van der Waals surface area contributed by atoms with Crippen molar-refractivity contribution in [2.75, 3.05) is 0 Å². The van der Waals surface area contributed by atoms with E-state index in [0.717, 1.165) is 18.2 Å². The predicted octanol–water partition coefficient (Wildman–Crippen LogP) is 5.48. The third-order valence-electron chi connectivity index (χ3n) is 2.91. The standard InChI is InChI=1S/C15H8ClF3N2O2/c16-12-7-10(15(17,18)19)3-6-14(12)23-11-4-1-9(2-5-11)13(8-20)21-22/h1-7,13H. The highest BCUT2D eigenvalue weighted by Gasteiger charge is 2.31. The highest BCUT2D eigenvalue weighted by atomic mass is 35.5. The Balaban J connectivity index is 2.20. The third kappa shape index (κ3) is 3.99. The van der Waals surface area contributed by atoms with Gasteiger partial charge in [0.05, 0.1) is 16.7 Å². The Labute approximate surface area is 134 Å². The number of nitroso groups, excluding NO2 is 1. The summed E-state index contributed by atoms with van der Waals surface area (Å²) in [4.78, 5) is 10.5. The zero-order chi connectivity index (χ0) is 17.0. The number of rotatable bonds is 4. The van der Waals surface area contributed by atoms with Crippen LogP contribution in [-0.2, 0) is 6.18 Å². The molecule has 4 nitrogen and oxygen atoms in total. The normalized spacial score (nSPS) is 12.3. The van der Waals surface area contributed by atoms with Crippen molar-refractivity contribution in [1.82, 2.24) is 0 Å². The topological polar surface area (TPSA) is 62.5 Å². The Morgan fingerprint density at radius 3 is 2.30 bits per heavy atom. The summed E-state index contributed by atoms with van der Waals surface area (Å²) in [5.74, 6) is 0.343. The number of alkyl halides is 3. The largest absolute Gasteiger partial charge is 0.456 e. The summed E-state index contributed by atoms with van der Waals surface area (Å²) < 4.78 is 43.0. The molecule has 0 N–H and O–H groups in total. The molecule has 0 radical (unpaired) electrons. The molecule has 0 aliphatic heterocycles. The fourth-order valence-electron chi connectivity index (χ4n) is 1.76. The van der Waals surface area contributed by atoms with E-state index in [1.165, 1.54) is 24.3 Å². The van der Waals surface area contributed by atoms with Crippen LogP contribution in [0.4, 0.5) is 13.2 Å². The first-order chi connectivity index (χ1) is 10.8. The quantitative estimate of drug-likeness (QED) is 0.692. The van der Waals surface area contributed by atoms with Gasteiger partial charge in [0.25, 0.3) is 0 Å². The molecule has 23 heavy (non-hydrogen) atoms.